The summed E-state index contributed by atoms with van der Waals surface area (Å²) in [4.78, 5) is 15.7. The average molecular weight is 530 g/mol. The van der Waals surface area contributed by atoms with E-state index in [1.54, 1.807) is 0 Å². The second-order valence-electron chi connectivity index (χ2n) is 11.4. The highest BCUT2D eigenvalue weighted by Crippen LogP contribution is 2.49. The van der Waals surface area contributed by atoms with Crippen molar-refractivity contribution in [2.24, 2.45) is 0 Å². The number of para-hydroxylation sites is 1. The van der Waals surface area contributed by atoms with E-state index in [0.29, 0.717) is 5.56 Å². The molecule has 2 aliphatic heterocycles. The third-order valence-electron chi connectivity index (χ3n) is 7.53. The van der Waals surface area contributed by atoms with Crippen molar-refractivity contribution in [1.82, 2.24) is 0 Å². The zero-order chi connectivity index (χ0) is 25.2. The lowest BCUT2D eigenvalue weighted by atomic mass is 9.65. The molecule has 180 valence electrons. The van der Waals surface area contributed by atoms with Gasteiger partial charge in [-0.05, 0) is 100 Å². The van der Waals surface area contributed by atoms with Crippen LogP contribution >= 0.6 is 15.9 Å². The van der Waals surface area contributed by atoms with Crippen molar-refractivity contribution in [2.45, 2.75) is 64.5 Å². The molecule has 0 spiro atoms. The first kappa shape index (κ1) is 23.9. The smallest absolute Gasteiger partial charge is 0.259 e. The molecule has 5 rings (SSSR count). The lowest BCUT2D eigenvalue weighted by molar-refractivity contribution is 0.0970. The third kappa shape index (κ3) is 4.02. The summed E-state index contributed by atoms with van der Waals surface area (Å²) in [6.45, 7) is 13.3. The van der Waals surface area contributed by atoms with Crippen molar-refractivity contribution in [3.05, 3.63) is 99.5 Å². The van der Waals surface area contributed by atoms with Crippen LogP contribution in [0.25, 0.3) is 5.57 Å². The molecule has 4 heteroatoms. The first-order valence-corrected chi connectivity index (χ1v) is 13.0. The molecule has 1 unspecified atom stereocenters. The van der Waals surface area contributed by atoms with Crippen molar-refractivity contribution in [3.8, 4) is 0 Å². The minimum atomic E-state index is -0.435. The van der Waals surface area contributed by atoms with Crippen LogP contribution in [0.2, 0.25) is 0 Å². The van der Waals surface area contributed by atoms with E-state index in [9.17, 15) is 4.79 Å². The molecule has 2 aliphatic rings. The molecule has 1 N–H and O–H groups in total. The Morgan fingerprint density at radius 3 is 2.34 bits per heavy atom. The lowest BCUT2D eigenvalue weighted by Crippen LogP contribution is -2.49. The number of allylic oxidation sites excluding steroid dienone is 1. The van der Waals surface area contributed by atoms with Gasteiger partial charge < -0.3 is 5.32 Å². The number of nitrogens with zero attached hydrogens (tertiary/aromatic N) is 1. The summed E-state index contributed by atoms with van der Waals surface area (Å²) < 4.78 is 0.964. The Morgan fingerprint density at radius 2 is 1.63 bits per heavy atom. The van der Waals surface area contributed by atoms with Crippen molar-refractivity contribution < 1.29 is 4.79 Å². The number of anilines is 2. The molecule has 0 saturated heterocycles. The maximum atomic E-state index is 13.8. The van der Waals surface area contributed by atoms with Gasteiger partial charge in [-0.3, -0.25) is 9.69 Å². The van der Waals surface area contributed by atoms with Crippen LogP contribution in [-0.2, 0) is 5.41 Å². The van der Waals surface area contributed by atoms with Crippen molar-refractivity contribution in [1.29, 1.82) is 0 Å². The SMILES string of the molecule is CC1=CC(C)(C)N(C(=O)c2ccc(Br)cc2)c2ccc(C3(C)CC(C)(C)Nc4ccccc43)cc21. The number of carbonyl (C=O) groups excluding carboxylic acids is 1. The fourth-order valence-corrected chi connectivity index (χ4v) is 6.45. The van der Waals surface area contributed by atoms with Crippen LogP contribution in [-0.4, -0.2) is 17.0 Å². The van der Waals surface area contributed by atoms with Gasteiger partial charge in [-0.25, -0.2) is 0 Å². The number of hydrogen-bond donors (Lipinski definition) is 1. The molecule has 3 nitrogen and oxygen atoms in total. The van der Waals surface area contributed by atoms with E-state index < -0.39 is 5.54 Å². The summed E-state index contributed by atoms with van der Waals surface area (Å²) in [5, 5.41) is 3.72. The Balaban J connectivity index is 1.64. The Kier molecular flexibility index (Phi) is 5.52. The quantitative estimate of drug-likeness (QED) is 0.363. The van der Waals surface area contributed by atoms with Gasteiger partial charge in [0, 0.05) is 32.2 Å². The van der Waals surface area contributed by atoms with Crippen LogP contribution in [0.3, 0.4) is 0 Å². The molecule has 0 aliphatic carbocycles. The van der Waals surface area contributed by atoms with Crippen LogP contribution in [0.1, 0.15) is 75.0 Å². The minimum Gasteiger partial charge on any atom is -0.380 e. The number of benzene rings is 3. The van der Waals surface area contributed by atoms with Gasteiger partial charge in [-0.2, -0.15) is 0 Å². The summed E-state index contributed by atoms with van der Waals surface area (Å²) in [6.07, 6.45) is 3.20. The summed E-state index contributed by atoms with van der Waals surface area (Å²) in [5.74, 6) is 0.0137. The van der Waals surface area contributed by atoms with Crippen LogP contribution in [0.15, 0.2) is 77.3 Å². The molecular formula is C31H33BrN2O. The van der Waals surface area contributed by atoms with Gasteiger partial charge in [-0.15, -0.1) is 0 Å². The second kappa shape index (κ2) is 8.09. The van der Waals surface area contributed by atoms with Crippen LogP contribution < -0.4 is 10.2 Å². The van der Waals surface area contributed by atoms with E-state index in [-0.39, 0.29) is 16.9 Å². The van der Waals surface area contributed by atoms with E-state index in [0.717, 1.165) is 22.1 Å². The maximum Gasteiger partial charge on any atom is 0.259 e. The average Bonchev–Trinajstić information content (AvgIpc) is 2.78. The van der Waals surface area contributed by atoms with Crippen molar-refractivity contribution in [3.63, 3.8) is 0 Å². The molecule has 3 aromatic rings. The number of fused-ring (bicyclic) bond motifs is 2. The summed E-state index contributed by atoms with van der Waals surface area (Å²) in [7, 11) is 0. The Hall–Kier alpha value is -2.85. The summed E-state index contributed by atoms with van der Waals surface area (Å²) >= 11 is 3.48. The van der Waals surface area contributed by atoms with E-state index in [1.807, 2.05) is 29.2 Å². The molecule has 1 amide bonds. The largest absolute Gasteiger partial charge is 0.380 e. The molecule has 3 aromatic carbocycles. The maximum absolute atomic E-state index is 13.8. The van der Waals surface area contributed by atoms with E-state index in [1.165, 1.54) is 22.4 Å². The normalized spacial score (nSPS) is 21.9. The summed E-state index contributed by atoms with van der Waals surface area (Å²) in [6, 6.07) is 23.0. The van der Waals surface area contributed by atoms with Gasteiger partial charge in [0.25, 0.3) is 5.91 Å². The number of nitrogens with one attached hydrogen (secondary N) is 1. The topological polar surface area (TPSA) is 32.3 Å². The molecule has 2 heterocycles. The monoisotopic (exact) mass is 528 g/mol. The number of hydrogen-bond acceptors (Lipinski definition) is 2. The number of halogens is 1. The fraction of sp³-hybridized carbons (Fsp3) is 0.323. The third-order valence-corrected chi connectivity index (χ3v) is 8.06. The van der Waals surface area contributed by atoms with E-state index in [4.69, 9.17) is 0 Å². The molecular weight excluding hydrogens is 496 g/mol. The molecule has 0 aromatic heterocycles. The number of rotatable bonds is 2. The van der Waals surface area contributed by atoms with Gasteiger partial charge >= 0.3 is 0 Å². The Bertz CT molecular complexity index is 1350. The van der Waals surface area contributed by atoms with E-state index in [2.05, 4.69) is 111 Å². The fourth-order valence-electron chi connectivity index (χ4n) is 6.18. The molecule has 0 bridgehead atoms. The highest BCUT2D eigenvalue weighted by molar-refractivity contribution is 9.10. The highest BCUT2D eigenvalue weighted by Gasteiger charge is 2.43. The second-order valence-corrected chi connectivity index (χ2v) is 12.3. The Labute approximate surface area is 217 Å². The highest BCUT2D eigenvalue weighted by atomic mass is 79.9. The molecule has 1 atom stereocenters. The molecule has 0 saturated carbocycles. The number of carbonyl (C=O) groups is 1. The first-order chi connectivity index (χ1) is 16.4. The van der Waals surface area contributed by atoms with Gasteiger partial charge in [0.2, 0.25) is 0 Å². The van der Waals surface area contributed by atoms with Gasteiger partial charge in [0.05, 0.1) is 11.2 Å². The van der Waals surface area contributed by atoms with Crippen LogP contribution in [0, 0.1) is 0 Å². The molecule has 35 heavy (non-hydrogen) atoms. The standard InChI is InChI=1S/C31H33BrN2O/c1-20-18-30(4,5)34(28(35)21-11-14-23(32)15-12-21)27-16-13-22(17-24(20)27)31(6)19-29(2,3)33-26-10-8-7-9-25(26)31/h7-18,33H,19H2,1-6H3. The molecule has 0 radical (unpaired) electrons. The van der Waals surface area contributed by atoms with Gasteiger partial charge in [-0.1, -0.05) is 53.2 Å². The van der Waals surface area contributed by atoms with Gasteiger partial charge in [0.15, 0.2) is 0 Å². The predicted molar refractivity (Wildman–Crippen MR) is 150 cm³/mol. The Morgan fingerprint density at radius 1 is 0.943 bits per heavy atom. The summed E-state index contributed by atoms with van der Waals surface area (Å²) in [5.41, 5.74) is 7.17. The van der Waals surface area contributed by atoms with Crippen LogP contribution in [0.5, 0.6) is 0 Å². The van der Waals surface area contributed by atoms with Crippen molar-refractivity contribution in [2.75, 3.05) is 10.2 Å². The van der Waals surface area contributed by atoms with E-state index >= 15 is 0 Å². The number of amides is 1. The zero-order valence-electron chi connectivity index (χ0n) is 21.4. The van der Waals surface area contributed by atoms with Crippen molar-refractivity contribution >= 4 is 38.8 Å². The zero-order valence-corrected chi connectivity index (χ0v) is 23.0. The van der Waals surface area contributed by atoms with Gasteiger partial charge in [0.1, 0.15) is 0 Å². The predicted octanol–water partition coefficient (Wildman–Crippen LogP) is 8.19. The lowest BCUT2D eigenvalue weighted by Gasteiger charge is -2.47. The molecule has 0 fully saturated rings. The first-order valence-electron chi connectivity index (χ1n) is 12.2. The van der Waals surface area contributed by atoms with Crippen LogP contribution in [0.4, 0.5) is 11.4 Å². The minimum absolute atomic E-state index is 0.0137.